The predicted molar refractivity (Wildman–Crippen MR) is 76.4 cm³/mol. The predicted octanol–water partition coefficient (Wildman–Crippen LogP) is 2.97. The number of amides is 1. The van der Waals surface area contributed by atoms with Gasteiger partial charge in [0.25, 0.3) is 0 Å². The van der Waals surface area contributed by atoms with Gasteiger partial charge in [0.1, 0.15) is 5.76 Å². The van der Waals surface area contributed by atoms with E-state index < -0.39 is 0 Å². The summed E-state index contributed by atoms with van der Waals surface area (Å²) in [5.41, 5.74) is 1.14. The van der Waals surface area contributed by atoms with Crippen molar-refractivity contribution >= 4 is 22.6 Å². The Morgan fingerprint density at radius 2 is 2.20 bits per heavy atom. The van der Waals surface area contributed by atoms with E-state index in [-0.39, 0.29) is 5.91 Å². The van der Waals surface area contributed by atoms with E-state index in [2.05, 4.69) is 21.1 Å². The first-order chi connectivity index (χ1) is 9.72. The molecule has 0 radical (unpaired) electrons. The van der Waals surface area contributed by atoms with Crippen LogP contribution in [-0.4, -0.2) is 15.6 Å². The minimum atomic E-state index is -0.0731. The number of benzene rings is 1. The van der Waals surface area contributed by atoms with Crippen LogP contribution in [0.5, 0.6) is 0 Å². The Hall–Kier alpha value is -2.56. The Morgan fingerprint density at radius 1 is 1.35 bits per heavy atom. The molecule has 102 valence electrons. The Labute approximate surface area is 116 Å². The van der Waals surface area contributed by atoms with E-state index in [1.807, 2.05) is 30.5 Å². The van der Waals surface area contributed by atoms with Gasteiger partial charge < -0.3 is 14.4 Å². The minimum absolute atomic E-state index is 0.0731. The summed E-state index contributed by atoms with van der Waals surface area (Å²) in [6, 6.07) is 11.9. The van der Waals surface area contributed by atoms with Crippen LogP contribution in [0.1, 0.15) is 12.2 Å². The number of nitrogens with zero attached hydrogens (tertiary/aromatic N) is 2. The second kappa shape index (κ2) is 5.21. The zero-order valence-electron chi connectivity index (χ0n) is 11.2. The molecule has 0 saturated heterocycles. The van der Waals surface area contributed by atoms with Gasteiger partial charge in [0, 0.05) is 30.7 Å². The Bertz CT molecular complexity index is 742. The van der Waals surface area contributed by atoms with Crippen LogP contribution >= 0.6 is 0 Å². The van der Waals surface area contributed by atoms with E-state index in [0.717, 1.165) is 5.52 Å². The molecule has 0 fully saturated rings. The van der Waals surface area contributed by atoms with E-state index in [1.54, 1.807) is 13.0 Å². The third-order valence-electron chi connectivity index (χ3n) is 3.16. The van der Waals surface area contributed by atoms with Gasteiger partial charge in [0.05, 0.1) is 0 Å². The number of aryl methyl sites for hydroxylation is 2. The zero-order valence-corrected chi connectivity index (χ0v) is 11.2. The van der Waals surface area contributed by atoms with Gasteiger partial charge in [-0.05, 0) is 24.4 Å². The van der Waals surface area contributed by atoms with E-state index in [9.17, 15) is 4.79 Å². The van der Waals surface area contributed by atoms with Gasteiger partial charge in [-0.2, -0.15) is 0 Å². The highest BCUT2D eigenvalue weighted by Gasteiger charge is 2.07. The highest BCUT2D eigenvalue weighted by molar-refractivity contribution is 5.89. The maximum Gasteiger partial charge on any atom is 0.227 e. The average Bonchev–Trinajstić information content (AvgIpc) is 3.03. The first-order valence-corrected chi connectivity index (χ1v) is 6.49. The highest BCUT2D eigenvalue weighted by Crippen LogP contribution is 2.15. The number of anilines is 1. The van der Waals surface area contributed by atoms with Crippen LogP contribution in [0.2, 0.25) is 0 Å². The molecular formula is C15H15N3O2. The molecule has 5 nitrogen and oxygen atoms in total. The maximum atomic E-state index is 11.8. The molecule has 0 spiro atoms. The largest absolute Gasteiger partial charge is 0.360 e. The Morgan fingerprint density at radius 3 is 3.00 bits per heavy atom. The molecule has 0 aliphatic rings. The third-order valence-corrected chi connectivity index (χ3v) is 3.16. The van der Waals surface area contributed by atoms with Crippen molar-refractivity contribution in [3.05, 3.63) is 48.4 Å². The molecule has 1 amide bonds. The lowest BCUT2D eigenvalue weighted by Gasteiger charge is -2.05. The number of para-hydroxylation sites is 1. The van der Waals surface area contributed by atoms with Gasteiger partial charge in [-0.1, -0.05) is 23.4 Å². The number of carbonyl (C=O) groups is 1. The van der Waals surface area contributed by atoms with Gasteiger partial charge >= 0.3 is 0 Å². The summed E-state index contributed by atoms with van der Waals surface area (Å²) < 4.78 is 6.98. The first-order valence-electron chi connectivity index (χ1n) is 6.49. The molecule has 2 heterocycles. The summed E-state index contributed by atoms with van der Waals surface area (Å²) in [6.45, 7) is 2.42. The van der Waals surface area contributed by atoms with Crippen LogP contribution < -0.4 is 5.32 Å². The number of carbonyl (C=O) groups excluding carboxylic acids is 1. The van der Waals surface area contributed by atoms with Gasteiger partial charge in [0.15, 0.2) is 5.82 Å². The summed E-state index contributed by atoms with van der Waals surface area (Å²) in [4.78, 5) is 11.8. The lowest BCUT2D eigenvalue weighted by molar-refractivity contribution is -0.116. The SMILES string of the molecule is Cc1cc(NC(=O)CCn2ccc3ccccc32)no1. The van der Waals surface area contributed by atoms with E-state index in [4.69, 9.17) is 4.52 Å². The average molecular weight is 269 g/mol. The minimum Gasteiger partial charge on any atom is -0.360 e. The number of rotatable bonds is 4. The van der Waals surface area contributed by atoms with Crippen LogP contribution in [-0.2, 0) is 11.3 Å². The summed E-state index contributed by atoms with van der Waals surface area (Å²) in [5, 5.41) is 7.63. The molecular weight excluding hydrogens is 254 g/mol. The molecule has 0 bridgehead atoms. The molecule has 3 aromatic rings. The lowest BCUT2D eigenvalue weighted by atomic mass is 10.2. The van der Waals surface area contributed by atoms with Crippen molar-refractivity contribution in [2.45, 2.75) is 19.9 Å². The maximum absolute atomic E-state index is 11.8. The second-order valence-electron chi connectivity index (χ2n) is 4.69. The van der Waals surface area contributed by atoms with Crippen LogP contribution in [0.4, 0.5) is 5.82 Å². The molecule has 3 rings (SSSR count). The van der Waals surface area contributed by atoms with Crippen molar-refractivity contribution in [2.24, 2.45) is 0 Å². The van der Waals surface area contributed by atoms with Crippen molar-refractivity contribution in [3.8, 4) is 0 Å². The summed E-state index contributed by atoms with van der Waals surface area (Å²) in [7, 11) is 0. The summed E-state index contributed by atoms with van der Waals surface area (Å²) in [5.74, 6) is 1.07. The molecule has 0 aliphatic carbocycles. The van der Waals surface area contributed by atoms with E-state index in [1.165, 1.54) is 5.39 Å². The summed E-state index contributed by atoms with van der Waals surface area (Å²) >= 11 is 0. The fourth-order valence-electron chi connectivity index (χ4n) is 2.19. The molecule has 1 N–H and O–H groups in total. The number of aromatic nitrogens is 2. The van der Waals surface area contributed by atoms with E-state index >= 15 is 0 Å². The van der Waals surface area contributed by atoms with Crippen LogP contribution in [0.15, 0.2) is 47.1 Å². The van der Waals surface area contributed by atoms with Gasteiger partial charge in [-0.3, -0.25) is 4.79 Å². The van der Waals surface area contributed by atoms with Crippen molar-refractivity contribution in [2.75, 3.05) is 5.32 Å². The van der Waals surface area contributed by atoms with Crippen molar-refractivity contribution in [1.29, 1.82) is 0 Å². The van der Waals surface area contributed by atoms with Gasteiger partial charge in [-0.15, -0.1) is 0 Å². The normalized spacial score (nSPS) is 10.8. The molecule has 2 aromatic heterocycles. The smallest absolute Gasteiger partial charge is 0.227 e. The molecule has 0 atom stereocenters. The molecule has 0 aliphatic heterocycles. The number of hydrogen-bond donors (Lipinski definition) is 1. The quantitative estimate of drug-likeness (QED) is 0.792. The molecule has 0 saturated carbocycles. The molecule has 0 unspecified atom stereocenters. The standard InChI is InChI=1S/C15H15N3O2/c1-11-10-14(17-20-11)16-15(19)7-9-18-8-6-12-4-2-3-5-13(12)18/h2-6,8,10H,7,9H2,1H3,(H,16,17,19). The fourth-order valence-corrected chi connectivity index (χ4v) is 2.19. The van der Waals surface area contributed by atoms with Crippen molar-refractivity contribution < 1.29 is 9.32 Å². The zero-order chi connectivity index (χ0) is 13.9. The number of hydrogen-bond acceptors (Lipinski definition) is 3. The monoisotopic (exact) mass is 269 g/mol. The van der Waals surface area contributed by atoms with Crippen LogP contribution in [0, 0.1) is 6.92 Å². The topological polar surface area (TPSA) is 60.1 Å². The highest BCUT2D eigenvalue weighted by atomic mass is 16.5. The van der Waals surface area contributed by atoms with E-state index in [0.29, 0.717) is 24.5 Å². The third kappa shape index (κ3) is 2.56. The van der Waals surface area contributed by atoms with Crippen LogP contribution in [0.25, 0.3) is 10.9 Å². The van der Waals surface area contributed by atoms with Crippen LogP contribution in [0.3, 0.4) is 0 Å². The first kappa shape index (κ1) is 12.5. The number of nitrogens with one attached hydrogen (secondary N) is 1. The van der Waals surface area contributed by atoms with Crippen molar-refractivity contribution in [3.63, 3.8) is 0 Å². The second-order valence-corrected chi connectivity index (χ2v) is 4.69. The Balaban J connectivity index is 1.63. The summed E-state index contributed by atoms with van der Waals surface area (Å²) in [6.07, 6.45) is 2.39. The molecule has 5 heteroatoms. The van der Waals surface area contributed by atoms with Gasteiger partial charge in [-0.25, -0.2) is 0 Å². The molecule has 20 heavy (non-hydrogen) atoms. The lowest BCUT2D eigenvalue weighted by Crippen LogP contribution is -2.14. The van der Waals surface area contributed by atoms with Gasteiger partial charge in [0.2, 0.25) is 5.91 Å². The molecule has 1 aromatic carbocycles. The number of fused-ring (bicyclic) bond motifs is 1. The van der Waals surface area contributed by atoms with Crippen molar-refractivity contribution in [1.82, 2.24) is 9.72 Å². The Kier molecular flexibility index (Phi) is 3.25. The fraction of sp³-hybridized carbons (Fsp3) is 0.200.